The summed E-state index contributed by atoms with van der Waals surface area (Å²) >= 11 is 0. The van der Waals surface area contributed by atoms with Crippen molar-refractivity contribution in [3.8, 4) is 0 Å². The molecule has 0 radical (unpaired) electrons. The molecule has 3 aromatic carbocycles. The van der Waals surface area contributed by atoms with Gasteiger partial charge in [0.05, 0.1) is 13.2 Å². The van der Waals surface area contributed by atoms with Crippen LogP contribution in [-0.4, -0.2) is 37.5 Å². The minimum Gasteiger partial charge on any atom is -0.379 e. The SMILES string of the molecule is O=Cc1cccc2c(Cc3ccc(CN4CCOCC4)cc3)cccc12. The van der Waals surface area contributed by atoms with E-state index in [0.717, 1.165) is 61.9 Å². The Morgan fingerprint density at radius 1 is 0.846 bits per heavy atom. The van der Waals surface area contributed by atoms with E-state index in [1.54, 1.807) is 0 Å². The smallest absolute Gasteiger partial charge is 0.150 e. The first-order chi connectivity index (χ1) is 12.8. The highest BCUT2D eigenvalue weighted by atomic mass is 16.5. The number of rotatable bonds is 5. The summed E-state index contributed by atoms with van der Waals surface area (Å²) in [6.07, 6.45) is 1.81. The number of fused-ring (bicyclic) bond motifs is 1. The summed E-state index contributed by atoms with van der Waals surface area (Å²) < 4.78 is 5.41. The van der Waals surface area contributed by atoms with E-state index in [4.69, 9.17) is 4.74 Å². The van der Waals surface area contributed by atoms with Crippen LogP contribution in [0.4, 0.5) is 0 Å². The molecule has 0 N–H and O–H groups in total. The lowest BCUT2D eigenvalue weighted by atomic mass is 9.96. The highest BCUT2D eigenvalue weighted by Crippen LogP contribution is 2.24. The van der Waals surface area contributed by atoms with Crippen LogP contribution in [0.5, 0.6) is 0 Å². The lowest BCUT2D eigenvalue weighted by Gasteiger charge is -2.26. The van der Waals surface area contributed by atoms with Crippen molar-refractivity contribution in [3.05, 3.63) is 82.9 Å². The van der Waals surface area contributed by atoms with Crippen LogP contribution in [0, 0.1) is 0 Å². The number of aldehydes is 1. The van der Waals surface area contributed by atoms with Crippen LogP contribution >= 0.6 is 0 Å². The number of carbonyl (C=O) groups is 1. The highest BCUT2D eigenvalue weighted by molar-refractivity contribution is 5.99. The maximum Gasteiger partial charge on any atom is 0.150 e. The maximum atomic E-state index is 11.3. The minimum absolute atomic E-state index is 0.755. The van der Waals surface area contributed by atoms with Crippen LogP contribution in [0.2, 0.25) is 0 Å². The molecule has 0 atom stereocenters. The van der Waals surface area contributed by atoms with Crippen LogP contribution in [0.15, 0.2) is 60.7 Å². The summed E-state index contributed by atoms with van der Waals surface area (Å²) in [7, 11) is 0. The quantitative estimate of drug-likeness (QED) is 0.653. The number of morpholine rings is 1. The van der Waals surface area contributed by atoms with Gasteiger partial charge < -0.3 is 4.74 Å². The van der Waals surface area contributed by atoms with E-state index in [-0.39, 0.29) is 0 Å². The second-order valence-corrected chi connectivity index (χ2v) is 6.86. The fourth-order valence-corrected chi connectivity index (χ4v) is 3.66. The first-order valence-electron chi connectivity index (χ1n) is 9.17. The van der Waals surface area contributed by atoms with E-state index in [2.05, 4.69) is 41.3 Å². The van der Waals surface area contributed by atoms with E-state index >= 15 is 0 Å². The number of ether oxygens (including phenoxy) is 1. The number of carbonyl (C=O) groups excluding carboxylic acids is 1. The van der Waals surface area contributed by atoms with Crippen LogP contribution in [0.1, 0.15) is 27.0 Å². The fraction of sp³-hybridized carbons (Fsp3) is 0.261. The van der Waals surface area contributed by atoms with Gasteiger partial charge in [-0.2, -0.15) is 0 Å². The van der Waals surface area contributed by atoms with Crippen molar-refractivity contribution in [2.45, 2.75) is 13.0 Å². The molecule has 1 aliphatic rings. The number of hydrogen-bond donors (Lipinski definition) is 0. The number of hydrogen-bond acceptors (Lipinski definition) is 3. The predicted molar refractivity (Wildman–Crippen MR) is 105 cm³/mol. The van der Waals surface area contributed by atoms with Gasteiger partial charge in [-0.25, -0.2) is 0 Å². The van der Waals surface area contributed by atoms with E-state index in [1.807, 2.05) is 24.3 Å². The van der Waals surface area contributed by atoms with Gasteiger partial charge in [0.2, 0.25) is 0 Å². The van der Waals surface area contributed by atoms with Crippen molar-refractivity contribution < 1.29 is 9.53 Å². The zero-order chi connectivity index (χ0) is 17.8. The Balaban J connectivity index is 1.52. The third-order valence-corrected chi connectivity index (χ3v) is 5.10. The van der Waals surface area contributed by atoms with Crippen LogP contribution in [-0.2, 0) is 17.7 Å². The molecule has 0 bridgehead atoms. The molecule has 3 aromatic rings. The molecule has 3 heteroatoms. The second kappa shape index (κ2) is 7.81. The molecule has 26 heavy (non-hydrogen) atoms. The predicted octanol–water partition coefficient (Wildman–Crippen LogP) is 4.08. The van der Waals surface area contributed by atoms with Gasteiger partial charge in [-0.1, -0.05) is 60.7 Å². The molecule has 0 aliphatic carbocycles. The van der Waals surface area contributed by atoms with Gasteiger partial charge in [-0.05, 0) is 33.9 Å². The first kappa shape index (κ1) is 17.0. The van der Waals surface area contributed by atoms with Crippen molar-refractivity contribution in [3.63, 3.8) is 0 Å². The normalized spacial score (nSPS) is 15.2. The Morgan fingerprint density at radius 3 is 2.31 bits per heavy atom. The summed E-state index contributed by atoms with van der Waals surface area (Å²) in [5.74, 6) is 0. The molecule has 0 aromatic heterocycles. The average Bonchev–Trinajstić information content (AvgIpc) is 2.70. The van der Waals surface area contributed by atoms with Crippen LogP contribution < -0.4 is 0 Å². The van der Waals surface area contributed by atoms with Crippen LogP contribution in [0.25, 0.3) is 10.8 Å². The Labute approximate surface area is 154 Å². The molecular formula is C23H23NO2. The Morgan fingerprint density at radius 2 is 1.54 bits per heavy atom. The largest absolute Gasteiger partial charge is 0.379 e. The van der Waals surface area contributed by atoms with Crippen LogP contribution in [0.3, 0.4) is 0 Å². The maximum absolute atomic E-state index is 11.3. The molecule has 1 saturated heterocycles. The van der Waals surface area contributed by atoms with E-state index in [9.17, 15) is 4.79 Å². The molecule has 0 saturated carbocycles. The molecular weight excluding hydrogens is 322 g/mol. The standard InChI is InChI=1S/C23H23NO2/c25-17-21-4-2-5-22-20(3-1-6-23(21)22)15-18-7-9-19(10-8-18)16-24-11-13-26-14-12-24/h1-10,17H,11-16H2. The lowest BCUT2D eigenvalue weighted by Crippen LogP contribution is -2.35. The molecule has 1 fully saturated rings. The van der Waals surface area contributed by atoms with Gasteiger partial charge in [-0.3, -0.25) is 9.69 Å². The molecule has 0 spiro atoms. The monoisotopic (exact) mass is 345 g/mol. The summed E-state index contributed by atoms with van der Waals surface area (Å²) in [6, 6.07) is 21.0. The van der Waals surface area contributed by atoms with E-state index in [1.165, 1.54) is 16.7 Å². The van der Waals surface area contributed by atoms with Gasteiger partial charge in [0.25, 0.3) is 0 Å². The molecule has 4 rings (SSSR count). The van der Waals surface area contributed by atoms with Gasteiger partial charge in [0, 0.05) is 25.2 Å². The first-order valence-corrected chi connectivity index (χ1v) is 9.17. The third-order valence-electron chi connectivity index (χ3n) is 5.10. The van der Waals surface area contributed by atoms with Crippen molar-refractivity contribution >= 4 is 17.1 Å². The topological polar surface area (TPSA) is 29.5 Å². The average molecular weight is 345 g/mol. The molecule has 3 nitrogen and oxygen atoms in total. The van der Waals surface area contributed by atoms with Crippen molar-refractivity contribution in [1.82, 2.24) is 4.90 Å². The molecule has 0 unspecified atom stereocenters. The van der Waals surface area contributed by atoms with Crippen molar-refractivity contribution in [2.75, 3.05) is 26.3 Å². The molecule has 1 heterocycles. The van der Waals surface area contributed by atoms with Gasteiger partial charge in [-0.15, -0.1) is 0 Å². The second-order valence-electron chi connectivity index (χ2n) is 6.86. The molecule has 1 aliphatic heterocycles. The zero-order valence-corrected chi connectivity index (χ0v) is 14.9. The van der Waals surface area contributed by atoms with E-state index in [0.29, 0.717) is 0 Å². The Kier molecular flexibility index (Phi) is 5.09. The van der Waals surface area contributed by atoms with Gasteiger partial charge in [0.1, 0.15) is 0 Å². The van der Waals surface area contributed by atoms with E-state index < -0.39 is 0 Å². The van der Waals surface area contributed by atoms with Gasteiger partial charge in [0.15, 0.2) is 6.29 Å². The van der Waals surface area contributed by atoms with Crippen molar-refractivity contribution in [2.24, 2.45) is 0 Å². The Hall–Kier alpha value is -2.49. The number of nitrogens with zero attached hydrogens (tertiary/aromatic N) is 1. The number of benzene rings is 3. The highest BCUT2D eigenvalue weighted by Gasteiger charge is 2.11. The zero-order valence-electron chi connectivity index (χ0n) is 14.9. The lowest BCUT2D eigenvalue weighted by molar-refractivity contribution is 0.0342. The fourth-order valence-electron chi connectivity index (χ4n) is 3.66. The summed E-state index contributed by atoms with van der Waals surface area (Å²) in [6.45, 7) is 4.68. The Bertz CT molecular complexity index is 896. The van der Waals surface area contributed by atoms with Gasteiger partial charge >= 0.3 is 0 Å². The minimum atomic E-state index is 0.755. The van der Waals surface area contributed by atoms with Crippen molar-refractivity contribution in [1.29, 1.82) is 0 Å². The summed E-state index contributed by atoms with van der Waals surface area (Å²) in [5, 5.41) is 2.19. The summed E-state index contributed by atoms with van der Waals surface area (Å²) in [4.78, 5) is 13.7. The molecule has 132 valence electrons. The third kappa shape index (κ3) is 3.69. The molecule has 0 amide bonds. The summed E-state index contributed by atoms with van der Waals surface area (Å²) in [5.41, 5.74) is 4.65.